The van der Waals surface area contributed by atoms with Gasteiger partial charge in [0.05, 0.1) is 6.54 Å². The van der Waals surface area contributed by atoms with E-state index in [1.165, 1.54) is 7.11 Å². The van der Waals surface area contributed by atoms with Crippen LogP contribution in [0.1, 0.15) is 20.8 Å². The molecule has 1 saturated heterocycles. The average molecular weight is 263 g/mol. The molecule has 1 fully saturated rings. The van der Waals surface area contributed by atoms with Crippen molar-refractivity contribution >= 4 is 12.1 Å². The molecule has 7 heteroatoms. The highest BCUT2D eigenvalue weighted by atomic mass is 19.1. The Morgan fingerprint density at radius 2 is 1.94 bits per heavy atom. The van der Waals surface area contributed by atoms with E-state index < -0.39 is 36.0 Å². The molecule has 0 spiro atoms. The van der Waals surface area contributed by atoms with Gasteiger partial charge in [-0.05, 0) is 20.8 Å². The minimum absolute atomic E-state index is 0.343. The van der Waals surface area contributed by atoms with Crippen LogP contribution in [0, 0.1) is 0 Å². The maximum absolute atomic E-state index is 13.6. The van der Waals surface area contributed by atoms with Crippen molar-refractivity contribution in [1.82, 2.24) is 4.90 Å². The quantitative estimate of drug-likeness (QED) is 0.805. The third-order valence-corrected chi connectivity index (χ3v) is 2.53. The largest absolute Gasteiger partial charge is 0.480 e. The van der Waals surface area contributed by atoms with Gasteiger partial charge in [0.15, 0.2) is 6.04 Å². The molecular formula is C11H18FNO5. The summed E-state index contributed by atoms with van der Waals surface area (Å²) in [5.41, 5.74) is -0.767. The van der Waals surface area contributed by atoms with E-state index >= 15 is 0 Å². The summed E-state index contributed by atoms with van der Waals surface area (Å²) < 4.78 is 23.5. The fourth-order valence-corrected chi connectivity index (χ4v) is 1.84. The fourth-order valence-electron chi connectivity index (χ4n) is 1.84. The van der Waals surface area contributed by atoms with E-state index in [1.54, 1.807) is 20.8 Å². The standard InChI is InChI=1S/C11H18FNO5/c1-11(2,3)18-10(16)13-5-6(12)8(17-4)7(13)9(14)15/h6-8H,5H2,1-4H3,(H,14,15)/t6-,7?,8?/m0/s1. The summed E-state index contributed by atoms with van der Waals surface area (Å²) in [5.74, 6) is -1.31. The lowest BCUT2D eigenvalue weighted by atomic mass is 10.1. The SMILES string of the molecule is COC1C(C(=O)O)N(C(=O)OC(C)(C)C)C[C@@H]1F. The number of alkyl halides is 1. The molecule has 1 aliphatic heterocycles. The first-order chi connectivity index (χ1) is 8.17. The van der Waals surface area contributed by atoms with Gasteiger partial charge in [0, 0.05) is 7.11 Å². The van der Waals surface area contributed by atoms with Crippen molar-refractivity contribution in [3.63, 3.8) is 0 Å². The van der Waals surface area contributed by atoms with Gasteiger partial charge in [0.1, 0.15) is 17.9 Å². The van der Waals surface area contributed by atoms with Gasteiger partial charge in [-0.2, -0.15) is 0 Å². The molecule has 6 nitrogen and oxygen atoms in total. The van der Waals surface area contributed by atoms with Crippen molar-refractivity contribution in [1.29, 1.82) is 0 Å². The van der Waals surface area contributed by atoms with Gasteiger partial charge >= 0.3 is 12.1 Å². The fraction of sp³-hybridized carbons (Fsp3) is 0.818. The molecule has 0 saturated carbocycles. The molecule has 18 heavy (non-hydrogen) atoms. The Morgan fingerprint density at radius 3 is 2.33 bits per heavy atom. The van der Waals surface area contributed by atoms with Gasteiger partial charge in [0.25, 0.3) is 0 Å². The Morgan fingerprint density at radius 1 is 1.39 bits per heavy atom. The molecule has 1 N–H and O–H groups in total. The Hall–Kier alpha value is -1.37. The summed E-state index contributed by atoms with van der Waals surface area (Å²) in [7, 11) is 1.21. The molecular weight excluding hydrogens is 245 g/mol. The number of hydrogen-bond donors (Lipinski definition) is 1. The van der Waals surface area contributed by atoms with E-state index in [1.807, 2.05) is 0 Å². The Bertz CT molecular complexity index is 341. The summed E-state index contributed by atoms with van der Waals surface area (Å²) in [6, 6.07) is -1.36. The second-order valence-corrected chi connectivity index (χ2v) is 5.13. The number of carbonyl (C=O) groups is 2. The molecule has 0 aromatic heterocycles. The number of hydrogen-bond acceptors (Lipinski definition) is 4. The van der Waals surface area contributed by atoms with Gasteiger partial charge in [-0.1, -0.05) is 0 Å². The molecule has 3 atom stereocenters. The van der Waals surface area contributed by atoms with Crippen LogP contribution in [-0.4, -0.2) is 59.6 Å². The second-order valence-electron chi connectivity index (χ2n) is 5.13. The second kappa shape index (κ2) is 5.09. The van der Waals surface area contributed by atoms with Crippen LogP contribution >= 0.6 is 0 Å². The highest BCUT2D eigenvalue weighted by molar-refractivity contribution is 5.82. The number of carbonyl (C=O) groups excluding carboxylic acids is 1. The summed E-state index contributed by atoms with van der Waals surface area (Å²) in [6.07, 6.45) is -3.56. The van der Waals surface area contributed by atoms with Crippen molar-refractivity contribution in [3.8, 4) is 0 Å². The smallest absolute Gasteiger partial charge is 0.411 e. The van der Waals surface area contributed by atoms with Crippen molar-refractivity contribution in [2.45, 2.75) is 44.7 Å². The molecule has 0 aromatic carbocycles. The number of aliphatic carboxylic acids is 1. The van der Waals surface area contributed by atoms with Crippen LogP contribution in [0.4, 0.5) is 9.18 Å². The summed E-state index contributed by atoms with van der Waals surface area (Å²) in [4.78, 5) is 23.8. The number of ether oxygens (including phenoxy) is 2. The van der Waals surface area contributed by atoms with E-state index in [0.29, 0.717) is 0 Å². The molecule has 1 heterocycles. The van der Waals surface area contributed by atoms with E-state index in [0.717, 1.165) is 4.90 Å². The molecule has 0 bridgehead atoms. The van der Waals surface area contributed by atoms with E-state index in [9.17, 15) is 14.0 Å². The number of methoxy groups -OCH3 is 1. The molecule has 2 unspecified atom stereocenters. The van der Waals surface area contributed by atoms with Crippen LogP contribution in [0.3, 0.4) is 0 Å². The van der Waals surface area contributed by atoms with E-state index in [-0.39, 0.29) is 6.54 Å². The van der Waals surface area contributed by atoms with Crippen molar-refractivity contribution in [3.05, 3.63) is 0 Å². The molecule has 0 radical (unpaired) electrons. The maximum Gasteiger partial charge on any atom is 0.411 e. The average Bonchev–Trinajstić information content (AvgIpc) is 2.52. The minimum Gasteiger partial charge on any atom is -0.480 e. The summed E-state index contributed by atoms with van der Waals surface area (Å²) >= 11 is 0. The van der Waals surface area contributed by atoms with Gasteiger partial charge in [-0.15, -0.1) is 0 Å². The Balaban J connectivity index is 2.87. The van der Waals surface area contributed by atoms with Gasteiger partial charge in [0.2, 0.25) is 0 Å². The first-order valence-electron chi connectivity index (χ1n) is 5.56. The molecule has 0 aromatic rings. The van der Waals surface area contributed by atoms with Crippen molar-refractivity contribution in [2.24, 2.45) is 0 Å². The van der Waals surface area contributed by atoms with Crippen LogP contribution in [0.15, 0.2) is 0 Å². The predicted molar refractivity (Wildman–Crippen MR) is 60.1 cm³/mol. The van der Waals surface area contributed by atoms with Crippen LogP contribution in [0.5, 0.6) is 0 Å². The van der Waals surface area contributed by atoms with Crippen LogP contribution in [-0.2, 0) is 14.3 Å². The van der Waals surface area contributed by atoms with E-state index in [2.05, 4.69) is 0 Å². The Kier molecular flexibility index (Phi) is 4.16. The zero-order valence-corrected chi connectivity index (χ0v) is 10.8. The maximum atomic E-state index is 13.6. The normalized spacial score (nSPS) is 28.3. The first-order valence-corrected chi connectivity index (χ1v) is 5.56. The molecule has 104 valence electrons. The molecule has 1 aliphatic rings. The number of carboxylic acid groups (broad SMARTS) is 1. The minimum atomic E-state index is -1.54. The lowest BCUT2D eigenvalue weighted by Gasteiger charge is -2.27. The highest BCUT2D eigenvalue weighted by Gasteiger charge is 2.50. The summed E-state index contributed by atoms with van der Waals surface area (Å²) in [5, 5.41) is 9.05. The molecule has 1 rings (SSSR count). The van der Waals surface area contributed by atoms with Gasteiger partial charge in [-0.3, -0.25) is 4.90 Å². The lowest BCUT2D eigenvalue weighted by Crippen LogP contribution is -2.47. The Labute approximate surface area is 105 Å². The van der Waals surface area contributed by atoms with Crippen LogP contribution < -0.4 is 0 Å². The summed E-state index contributed by atoms with van der Waals surface area (Å²) in [6.45, 7) is 4.61. The highest BCUT2D eigenvalue weighted by Crippen LogP contribution is 2.25. The number of carboxylic acids is 1. The zero-order chi connectivity index (χ0) is 14.1. The third-order valence-electron chi connectivity index (χ3n) is 2.53. The van der Waals surface area contributed by atoms with Crippen LogP contribution in [0.2, 0.25) is 0 Å². The van der Waals surface area contributed by atoms with E-state index in [4.69, 9.17) is 14.6 Å². The molecule has 0 aliphatic carbocycles. The zero-order valence-electron chi connectivity index (χ0n) is 10.8. The first kappa shape index (κ1) is 14.7. The van der Waals surface area contributed by atoms with Crippen LogP contribution in [0.25, 0.3) is 0 Å². The number of nitrogens with zero attached hydrogens (tertiary/aromatic N) is 1. The van der Waals surface area contributed by atoms with Crippen molar-refractivity contribution in [2.75, 3.05) is 13.7 Å². The monoisotopic (exact) mass is 263 g/mol. The van der Waals surface area contributed by atoms with Gasteiger partial charge in [-0.25, -0.2) is 14.0 Å². The number of amides is 1. The topological polar surface area (TPSA) is 76.1 Å². The van der Waals surface area contributed by atoms with Gasteiger partial charge < -0.3 is 14.6 Å². The molecule has 1 amide bonds. The predicted octanol–water partition coefficient (Wildman–Crippen LogP) is 1.04. The lowest BCUT2D eigenvalue weighted by molar-refractivity contribution is -0.146. The third kappa shape index (κ3) is 3.10. The van der Waals surface area contributed by atoms with Crippen molar-refractivity contribution < 1.29 is 28.6 Å². The number of rotatable bonds is 2. The number of halogens is 1. The number of likely N-dealkylation sites (tertiary alicyclic amines) is 1.